The highest BCUT2D eigenvalue weighted by atomic mass is 31.2. The van der Waals surface area contributed by atoms with Gasteiger partial charge in [0.1, 0.15) is 35.8 Å². The fourth-order valence-corrected chi connectivity index (χ4v) is 6.45. The molecule has 45 heavy (non-hydrogen) atoms. The van der Waals surface area contributed by atoms with Crippen molar-refractivity contribution in [2.75, 3.05) is 25.6 Å². The van der Waals surface area contributed by atoms with Crippen LogP contribution in [0.5, 0.6) is 5.75 Å². The average Bonchev–Trinajstić information content (AvgIpc) is 3.52. The second kappa shape index (κ2) is 12.6. The quantitative estimate of drug-likeness (QED) is 0.152. The Labute approximate surface area is 260 Å². The zero-order valence-electron chi connectivity index (χ0n) is 25.9. The predicted octanol–water partition coefficient (Wildman–Crippen LogP) is 4.78. The number of alkyl halides is 1. The molecular weight excluding hydrogens is 606 g/mol. The van der Waals surface area contributed by atoms with Crippen LogP contribution in [0.15, 0.2) is 55.1 Å². The summed E-state index contributed by atoms with van der Waals surface area (Å²) in [5, 5.41) is 18.0. The Morgan fingerprint density at radius 2 is 1.93 bits per heavy atom. The first-order chi connectivity index (χ1) is 21.2. The van der Waals surface area contributed by atoms with Gasteiger partial charge in [0.25, 0.3) is 0 Å². The number of halogens is 1. The SMILES string of the molecule is CNc1ncnc2c1ncn2[C@@H]1O[C@H](CO[P@](=O)(N[C@H](C)C(=O)OCC(C)(C)C)Oc2cccc3ccccc23)[C@@H](O)[C@@]1(C)F. The van der Waals surface area contributed by atoms with Crippen LogP contribution in [0.2, 0.25) is 0 Å². The molecule has 0 spiro atoms. The monoisotopic (exact) mass is 644 g/mol. The van der Waals surface area contributed by atoms with Crippen molar-refractivity contribution < 1.29 is 37.4 Å². The summed E-state index contributed by atoms with van der Waals surface area (Å²) in [6.07, 6.45) is -1.70. The van der Waals surface area contributed by atoms with Crippen LogP contribution in [0.25, 0.3) is 21.9 Å². The lowest BCUT2D eigenvalue weighted by molar-refractivity contribution is -0.148. The highest BCUT2D eigenvalue weighted by Crippen LogP contribution is 2.49. The minimum Gasteiger partial charge on any atom is -0.464 e. The minimum absolute atomic E-state index is 0.134. The van der Waals surface area contributed by atoms with E-state index in [4.69, 9.17) is 18.5 Å². The van der Waals surface area contributed by atoms with E-state index < -0.39 is 50.5 Å². The molecule has 0 bridgehead atoms. The zero-order valence-corrected chi connectivity index (χ0v) is 26.8. The van der Waals surface area contributed by atoms with Gasteiger partial charge in [-0.1, -0.05) is 57.2 Å². The summed E-state index contributed by atoms with van der Waals surface area (Å²) in [7, 11) is -2.72. The Hall–Kier alpha value is -3.68. The largest absolute Gasteiger partial charge is 0.464 e. The van der Waals surface area contributed by atoms with Gasteiger partial charge in [0.15, 0.2) is 23.4 Å². The normalized spacial score (nSPS) is 24.0. The van der Waals surface area contributed by atoms with Gasteiger partial charge in [0.05, 0.1) is 19.5 Å². The number of benzene rings is 2. The number of esters is 1. The number of aromatic nitrogens is 4. The van der Waals surface area contributed by atoms with Gasteiger partial charge < -0.3 is 24.4 Å². The van der Waals surface area contributed by atoms with Crippen LogP contribution in [0, 0.1) is 5.41 Å². The average molecular weight is 645 g/mol. The summed E-state index contributed by atoms with van der Waals surface area (Å²) in [5.74, 6) is -0.00518. The molecule has 2 aromatic carbocycles. The third kappa shape index (κ3) is 6.95. The number of aliphatic hydroxyl groups excluding tert-OH is 1. The third-order valence-electron chi connectivity index (χ3n) is 7.29. The van der Waals surface area contributed by atoms with Crippen molar-refractivity contribution in [3.05, 3.63) is 55.1 Å². The zero-order chi connectivity index (χ0) is 32.6. The van der Waals surface area contributed by atoms with Crippen molar-refractivity contribution in [2.24, 2.45) is 5.41 Å². The van der Waals surface area contributed by atoms with Crippen molar-refractivity contribution in [3.8, 4) is 5.75 Å². The van der Waals surface area contributed by atoms with Crippen LogP contribution in [-0.2, 0) is 23.4 Å². The molecule has 3 heterocycles. The second-order valence-electron chi connectivity index (χ2n) is 12.3. The molecule has 1 fully saturated rings. The Kier molecular flexibility index (Phi) is 9.16. The molecular formula is C30H38FN6O7P. The molecule has 1 aliphatic rings. The van der Waals surface area contributed by atoms with E-state index in [0.29, 0.717) is 16.7 Å². The lowest BCUT2D eigenvalue weighted by Gasteiger charge is -2.26. The molecule has 15 heteroatoms. The number of imidazole rings is 1. The first-order valence-corrected chi connectivity index (χ1v) is 16.0. The number of carbonyl (C=O) groups excluding carboxylic acids is 1. The van der Waals surface area contributed by atoms with Crippen molar-refractivity contribution in [1.29, 1.82) is 0 Å². The smallest absolute Gasteiger partial charge is 0.459 e. The Morgan fingerprint density at radius 1 is 1.20 bits per heavy atom. The summed E-state index contributed by atoms with van der Waals surface area (Å²) in [6, 6.07) is 11.4. The van der Waals surface area contributed by atoms with E-state index in [1.165, 1.54) is 31.1 Å². The summed E-state index contributed by atoms with van der Waals surface area (Å²) in [5.41, 5.74) is -1.95. The maximum absolute atomic E-state index is 16.1. The fourth-order valence-electron chi connectivity index (χ4n) is 4.93. The summed E-state index contributed by atoms with van der Waals surface area (Å²) in [6.45, 7) is 7.96. The van der Waals surface area contributed by atoms with E-state index in [-0.39, 0.29) is 23.4 Å². The van der Waals surface area contributed by atoms with E-state index in [9.17, 15) is 14.5 Å². The number of carbonyl (C=O) groups is 1. The molecule has 4 aromatic rings. The van der Waals surface area contributed by atoms with Crippen LogP contribution in [0.3, 0.4) is 0 Å². The highest BCUT2D eigenvalue weighted by Gasteiger charge is 2.56. The topological polar surface area (TPSA) is 159 Å². The number of hydrogen-bond acceptors (Lipinski definition) is 11. The van der Waals surface area contributed by atoms with E-state index in [2.05, 4.69) is 25.4 Å². The molecule has 6 atom stereocenters. The molecule has 5 rings (SSSR count). The van der Waals surface area contributed by atoms with Gasteiger partial charge in [-0.05, 0) is 30.7 Å². The van der Waals surface area contributed by atoms with Crippen molar-refractivity contribution in [1.82, 2.24) is 24.6 Å². The summed E-state index contributed by atoms with van der Waals surface area (Å²) >= 11 is 0. The maximum atomic E-state index is 16.1. The summed E-state index contributed by atoms with van der Waals surface area (Å²) < 4.78 is 54.9. The van der Waals surface area contributed by atoms with Gasteiger partial charge in [-0.2, -0.15) is 5.09 Å². The van der Waals surface area contributed by atoms with Crippen LogP contribution >= 0.6 is 7.75 Å². The molecule has 0 unspecified atom stereocenters. The number of fused-ring (bicyclic) bond motifs is 2. The molecule has 0 amide bonds. The highest BCUT2D eigenvalue weighted by molar-refractivity contribution is 7.52. The van der Waals surface area contributed by atoms with E-state index >= 15 is 4.39 Å². The van der Waals surface area contributed by atoms with Gasteiger partial charge in [-0.3, -0.25) is 13.9 Å². The molecule has 0 radical (unpaired) electrons. The molecule has 3 N–H and O–H groups in total. The minimum atomic E-state index is -4.38. The van der Waals surface area contributed by atoms with Gasteiger partial charge in [-0.25, -0.2) is 23.9 Å². The number of nitrogens with zero attached hydrogens (tertiary/aromatic N) is 4. The maximum Gasteiger partial charge on any atom is 0.459 e. The second-order valence-corrected chi connectivity index (χ2v) is 14.0. The van der Waals surface area contributed by atoms with Crippen LogP contribution in [0.1, 0.15) is 40.8 Å². The van der Waals surface area contributed by atoms with E-state index in [1.54, 1.807) is 31.3 Å². The van der Waals surface area contributed by atoms with Gasteiger partial charge in [0, 0.05) is 12.4 Å². The van der Waals surface area contributed by atoms with Gasteiger partial charge in [-0.15, -0.1) is 0 Å². The van der Waals surface area contributed by atoms with Crippen LogP contribution in [0.4, 0.5) is 10.2 Å². The summed E-state index contributed by atoms with van der Waals surface area (Å²) in [4.78, 5) is 25.4. The number of aliphatic hydroxyl groups is 1. The van der Waals surface area contributed by atoms with E-state index in [1.807, 2.05) is 39.0 Å². The molecule has 2 aromatic heterocycles. The number of hydrogen-bond donors (Lipinski definition) is 3. The number of anilines is 1. The predicted molar refractivity (Wildman–Crippen MR) is 165 cm³/mol. The van der Waals surface area contributed by atoms with Gasteiger partial charge in [0.2, 0.25) is 0 Å². The lowest BCUT2D eigenvalue weighted by atomic mass is 9.98. The third-order valence-corrected chi connectivity index (χ3v) is 8.92. The van der Waals surface area contributed by atoms with E-state index in [0.717, 1.165) is 5.39 Å². The number of nitrogens with one attached hydrogen (secondary N) is 2. The van der Waals surface area contributed by atoms with Crippen molar-refractivity contribution >= 4 is 41.5 Å². The number of ether oxygens (including phenoxy) is 2. The molecule has 1 aliphatic heterocycles. The lowest BCUT2D eigenvalue weighted by Crippen LogP contribution is -2.41. The first kappa shape index (κ1) is 32.7. The Bertz CT molecular complexity index is 1720. The van der Waals surface area contributed by atoms with Crippen LogP contribution in [-0.4, -0.2) is 74.8 Å². The van der Waals surface area contributed by atoms with Crippen LogP contribution < -0.4 is 14.9 Å². The fraction of sp³-hybridized carbons (Fsp3) is 0.467. The molecule has 0 saturated carbocycles. The standard InChI is InChI=1S/C30H38FN6O7P/c1-18(27(39)41-15-29(2,3)4)36-45(40,44-21-13-9-11-19-10-7-8-12-20(19)21)42-14-22-24(38)30(5,31)28(43-22)37-17-35-23-25(32-6)33-16-34-26(23)37/h7-13,16-18,22,24,28,38H,14-15H2,1-6H3,(H,36,40)(H,32,33,34)/t18-,22-,24-,28-,30-,45-/m1/s1. The molecule has 13 nitrogen and oxygen atoms in total. The molecule has 1 saturated heterocycles. The Balaban J connectivity index is 1.39. The molecule has 0 aliphatic carbocycles. The Morgan fingerprint density at radius 3 is 2.67 bits per heavy atom. The van der Waals surface area contributed by atoms with Crippen molar-refractivity contribution in [3.63, 3.8) is 0 Å². The van der Waals surface area contributed by atoms with Gasteiger partial charge >= 0.3 is 13.7 Å². The van der Waals surface area contributed by atoms with Crippen molar-refractivity contribution in [2.45, 2.75) is 64.8 Å². The number of rotatable bonds is 11. The first-order valence-electron chi connectivity index (χ1n) is 14.5. The molecule has 242 valence electrons.